The van der Waals surface area contributed by atoms with Crippen molar-refractivity contribution in [3.05, 3.63) is 125 Å². The molecule has 0 saturated heterocycles. The molecule has 5 rings (SSSR count). The van der Waals surface area contributed by atoms with E-state index in [1.165, 1.54) is 0 Å². The number of nitrogens with zero attached hydrogens (tertiary/aromatic N) is 2. The quantitative estimate of drug-likeness (QED) is 0.189. The zero-order chi connectivity index (χ0) is 32.2. The molecule has 0 aliphatic rings. The van der Waals surface area contributed by atoms with E-state index >= 15 is 0 Å². The third kappa shape index (κ3) is 8.20. The molecule has 6 nitrogen and oxygen atoms in total. The van der Waals surface area contributed by atoms with Crippen molar-refractivity contribution >= 4 is 32.5 Å². The lowest BCUT2D eigenvalue weighted by Gasteiger charge is -2.15. The zero-order valence-corrected chi connectivity index (χ0v) is 27.7. The van der Waals surface area contributed by atoms with E-state index in [2.05, 4.69) is 4.72 Å². The van der Waals surface area contributed by atoms with E-state index in [-0.39, 0.29) is 10.7 Å². The van der Waals surface area contributed by atoms with Gasteiger partial charge in [-0.2, -0.15) is 0 Å². The number of para-hydroxylation sites is 1. The van der Waals surface area contributed by atoms with Gasteiger partial charge in [0.05, 0.1) is 22.7 Å². The van der Waals surface area contributed by atoms with Gasteiger partial charge in [0.1, 0.15) is 5.65 Å². The lowest BCUT2D eigenvalue weighted by Crippen LogP contribution is -2.15. The number of ketones is 1. The first-order chi connectivity index (χ1) is 20.7. The summed E-state index contributed by atoms with van der Waals surface area (Å²) in [6.07, 6.45) is 0. The third-order valence-corrected chi connectivity index (χ3v) is 7.87. The van der Waals surface area contributed by atoms with Crippen molar-refractivity contribution < 1.29 is 13.2 Å². The second-order valence-electron chi connectivity index (χ2n) is 9.14. The molecule has 0 unspecified atom stereocenters. The fraction of sp³-hybridized carbons (Fsp3) is 0.278. The average Bonchev–Trinajstić information content (AvgIpc) is 3.31. The number of carbonyl (C=O) groups is 1. The molecule has 0 atom stereocenters. The van der Waals surface area contributed by atoms with Gasteiger partial charge in [-0.1, -0.05) is 108 Å². The van der Waals surface area contributed by atoms with Crippen molar-refractivity contribution in [2.75, 3.05) is 4.72 Å². The second kappa shape index (κ2) is 16.4. The van der Waals surface area contributed by atoms with Gasteiger partial charge in [0.15, 0.2) is 5.78 Å². The molecule has 3 aromatic carbocycles. The Morgan fingerprint density at radius 2 is 1.33 bits per heavy atom. The maximum Gasteiger partial charge on any atom is 0.261 e. The first-order valence-corrected chi connectivity index (χ1v) is 16.5. The van der Waals surface area contributed by atoms with Crippen LogP contribution in [-0.2, 0) is 16.6 Å². The standard InChI is InChI=1S/C30H27N3O3S.3C2H6/c1-20-13-16-23(17-14-20)29(34)28-22(3)33(30-26(28)18-15-21(2)31-30)19-24-9-7-8-12-27(24)32-37(35,36)25-10-5-4-6-11-25;3*1-2/h4-18,32H,19H2,1-3H3;3*1-2H3. The van der Waals surface area contributed by atoms with Gasteiger partial charge in [-0.25, -0.2) is 13.4 Å². The van der Waals surface area contributed by atoms with Gasteiger partial charge in [0, 0.05) is 22.3 Å². The van der Waals surface area contributed by atoms with E-state index in [4.69, 9.17) is 4.98 Å². The van der Waals surface area contributed by atoms with Gasteiger partial charge in [-0.05, 0) is 56.7 Å². The molecule has 7 heteroatoms. The molecule has 0 aliphatic carbocycles. The van der Waals surface area contributed by atoms with Gasteiger partial charge in [-0.15, -0.1) is 0 Å². The molecule has 0 amide bonds. The Balaban J connectivity index is 0.00000101. The van der Waals surface area contributed by atoms with Crippen LogP contribution in [0.15, 0.2) is 95.9 Å². The summed E-state index contributed by atoms with van der Waals surface area (Å²) in [7, 11) is -3.76. The molecule has 2 aromatic heterocycles. The normalized spacial score (nSPS) is 10.3. The molecule has 0 radical (unpaired) electrons. The van der Waals surface area contributed by atoms with Crippen molar-refractivity contribution in [1.29, 1.82) is 0 Å². The van der Waals surface area contributed by atoms with Crippen molar-refractivity contribution in [1.82, 2.24) is 9.55 Å². The number of hydrogen-bond donors (Lipinski definition) is 1. The van der Waals surface area contributed by atoms with E-state index in [1.54, 1.807) is 42.5 Å². The van der Waals surface area contributed by atoms with Crippen LogP contribution in [-0.4, -0.2) is 23.8 Å². The summed E-state index contributed by atoms with van der Waals surface area (Å²) < 4.78 is 30.8. The second-order valence-corrected chi connectivity index (χ2v) is 10.8. The van der Waals surface area contributed by atoms with Crippen molar-refractivity contribution in [3.8, 4) is 0 Å². The predicted octanol–water partition coefficient (Wildman–Crippen LogP) is 9.12. The monoisotopic (exact) mass is 599 g/mol. The molecule has 0 aliphatic heterocycles. The maximum atomic E-state index is 13.6. The smallest absolute Gasteiger partial charge is 0.261 e. The number of carbonyl (C=O) groups excluding carboxylic acids is 1. The van der Waals surface area contributed by atoms with E-state index in [1.807, 2.05) is 115 Å². The highest BCUT2D eigenvalue weighted by Gasteiger charge is 2.23. The Bertz CT molecular complexity index is 1720. The Kier molecular flexibility index (Phi) is 13.4. The van der Waals surface area contributed by atoms with Crippen LogP contribution in [0.1, 0.15) is 80.0 Å². The molecule has 0 bridgehead atoms. The molecule has 43 heavy (non-hydrogen) atoms. The van der Waals surface area contributed by atoms with Gasteiger partial charge >= 0.3 is 0 Å². The fourth-order valence-electron chi connectivity index (χ4n) is 4.49. The van der Waals surface area contributed by atoms with Crippen molar-refractivity contribution in [3.63, 3.8) is 0 Å². The van der Waals surface area contributed by atoms with Crippen LogP contribution in [0.5, 0.6) is 0 Å². The molecule has 0 saturated carbocycles. The number of rotatable bonds is 7. The summed E-state index contributed by atoms with van der Waals surface area (Å²) in [5, 5.41) is 0.774. The Hall–Kier alpha value is -4.23. The predicted molar refractivity (Wildman–Crippen MR) is 181 cm³/mol. The molecule has 5 aromatic rings. The number of aromatic nitrogens is 2. The van der Waals surface area contributed by atoms with Crippen LogP contribution >= 0.6 is 0 Å². The highest BCUT2D eigenvalue weighted by molar-refractivity contribution is 7.92. The summed E-state index contributed by atoms with van der Waals surface area (Å²) in [4.78, 5) is 18.6. The number of benzene rings is 3. The summed E-state index contributed by atoms with van der Waals surface area (Å²) in [6.45, 7) is 18.2. The van der Waals surface area contributed by atoms with Gasteiger partial charge in [0.2, 0.25) is 0 Å². The van der Waals surface area contributed by atoms with E-state index < -0.39 is 10.0 Å². The summed E-state index contributed by atoms with van der Waals surface area (Å²) in [6, 6.07) is 26.9. The molecule has 1 N–H and O–H groups in total. The number of hydrogen-bond acceptors (Lipinski definition) is 4. The Morgan fingerprint density at radius 3 is 1.95 bits per heavy atom. The Morgan fingerprint density at radius 1 is 0.744 bits per heavy atom. The number of anilines is 1. The highest BCUT2D eigenvalue weighted by Crippen LogP contribution is 2.30. The lowest BCUT2D eigenvalue weighted by atomic mass is 10.00. The SMILES string of the molecule is CC.CC.CC.Cc1ccc(C(=O)c2c(C)n(Cc3ccccc3NS(=O)(=O)c3ccccc3)c3nc(C)ccc23)cc1. The summed E-state index contributed by atoms with van der Waals surface area (Å²) >= 11 is 0. The first kappa shape index (κ1) is 35.0. The van der Waals surface area contributed by atoms with E-state index in [0.29, 0.717) is 29.0 Å². The van der Waals surface area contributed by atoms with E-state index in [9.17, 15) is 13.2 Å². The Labute approximate surface area is 257 Å². The van der Waals surface area contributed by atoms with Crippen LogP contribution in [0.2, 0.25) is 0 Å². The molecular formula is C36H45N3O3S. The van der Waals surface area contributed by atoms with Gasteiger partial charge < -0.3 is 4.57 Å². The van der Waals surface area contributed by atoms with E-state index in [0.717, 1.165) is 27.9 Å². The maximum absolute atomic E-state index is 13.6. The molecule has 228 valence electrons. The van der Waals surface area contributed by atoms with Crippen LogP contribution < -0.4 is 4.72 Å². The van der Waals surface area contributed by atoms with Crippen LogP contribution in [0.4, 0.5) is 5.69 Å². The topological polar surface area (TPSA) is 81.1 Å². The first-order valence-electron chi connectivity index (χ1n) is 15.0. The van der Waals surface area contributed by atoms with Crippen LogP contribution in [0.25, 0.3) is 11.0 Å². The van der Waals surface area contributed by atoms with Gasteiger partial charge in [-0.3, -0.25) is 9.52 Å². The third-order valence-electron chi connectivity index (χ3n) is 6.49. The van der Waals surface area contributed by atoms with Crippen LogP contribution in [0, 0.1) is 20.8 Å². The number of nitrogens with one attached hydrogen (secondary N) is 1. The number of sulfonamides is 1. The minimum Gasteiger partial charge on any atom is -0.325 e. The van der Waals surface area contributed by atoms with Crippen LogP contribution in [0.3, 0.4) is 0 Å². The number of aryl methyl sites for hydroxylation is 2. The molecular weight excluding hydrogens is 554 g/mol. The zero-order valence-electron chi connectivity index (χ0n) is 26.9. The molecule has 0 spiro atoms. The van der Waals surface area contributed by atoms with Crippen molar-refractivity contribution in [2.45, 2.75) is 73.8 Å². The van der Waals surface area contributed by atoms with Gasteiger partial charge in [0.25, 0.3) is 10.0 Å². The minimum atomic E-state index is -3.76. The summed E-state index contributed by atoms with van der Waals surface area (Å²) in [5.74, 6) is -0.0648. The highest BCUT2D eigenvalue weighted by atomic mass is 32.2. The molecule has 0 fully saturated rings. The molecule has 2 heterocycles. The number of pyridine rings is 1. The average molecular weight is 600 g/mol. The number of fused-ring (bicyclic) bond motifs is 1. The minimum absolute atomic E-state index is 0.0648. The summed E-state index contributed by atoms with van der Waals surface area (Å²) in [5.41, 5.74) is 5.85. The van der Waals surface area contributed by atoms with Crippen molar-refractivity contribution in [2.24, 2.45) is 0 Å². The fourth-order valence-corrected chi connectivity index (χ4v) is 5.62. The largest absolute Gasteiger partial charge is 0.325 e. The lowest BCUT2D eigenvalue weighted by molar-refractivity contribution is 0.103.